The van der Waals surface area contributed by atoms with E-state index < -0.39 is 12.0 Å². The number of carbonyl (C=O) groups is 2. The highest BCUT2D eigenvalue weighted by Crippen LogP contribution is 2.48. The Hall–Kier alpha value is -3.42. The van der Waals surface area contributed by atoms with E-state index in [9.17, 15) is 19.8 Å². The molecule has 2 aromatic carbocycles. The summed E-state index contributed by atoms with van der Waals surface area (Å²) in [6.45, 7) is 1.99. The van der Waals surface area contributed by atoms with Crippen molar-refractivity contribution in [3.05, 3.63) is 46.5 Å². The number of carbonyl (C=O) groups excluding carboxylic acids is 1. The molecular weight excluding hydrogens is 378 g/mol. The summed E-state index contributed by atoms with van der Waals surface area (Å²) in [5, 5.41) is 29.9. The maximum absolute atomic E-state index is 13.2. The first-order chi connectivity index (χ1) is 13.8. The number of carboxylic acids is 1. The van der Waals surface area contributed by atoms with Crippen LogP contribution in [0.5, 0.6) is 23.0 Å². The average molecular weight is 401 g/mol. The van der Waals surface area contributed by atoms with Gasteiger partial charge in [0.05, 0.1) is 25.8 Å². The van der Waals surface area contributed by atoms with Crippen LogP contribution in [0.15, 0.2) is 24.3 Å². The third-order valence-electron chi connectivity index (χ3n) is 4.97. The van der Waals surface area contributed by atoms with Crippen LogP contribution in [-0.2, 0) is 4.79 Å². The van der Waals surface area contributed by atoms with Gasteiger partial charge in [0.25, 0.3) is 5.91 Å². The molecule has 2 aromatic rings. The lowest BCUT2D eigenvalue weighted by Gasteiger charge is -2.27. The third-order valence-corrected chi connectivity index (χ3v) is 4.97. The number of phenols is 2. The van der Waals surface area contributed by atoms with Gasteiger partial charge in [0, 0.05) is 24.6 Å². The molecule has 1 aliphatic rings. The first-order valence-corrected chi connectivity index (χ1v) is 9.09. The third kappa shape index (κ3) is 3.65. The van der Waals surface area contributed by atoms with Crippen LogP contribution in [0.2, 0.25) is 0 Å². The van der Waals surface area contributed by atoms with Gasteiger partial charge in [-0.25, -0.2) is 0 Å². The Morgan fingerprint density at radius 1 is 1.07 bits per heavy atom. The SMILES string of the molecule is COc1cc(C)cc(C2c3cc(O)cc(OC)c3C(=O)N2CCCC(=O)O)c1O. The van der Waals surface area contributed by atoms with Gasteiger partial charge in [0.15, 0.2) is 11.5 Å². The molecule has 1 amide bonds. The quantitative estimate of drug-likeness (QED) is 0.653. The minimum atomic E-state index is -0.957. The van der Waals surface area contributed by atoms with Gasteiger partial charge in [-0.05, 0) is 42.7 Å². The van der Waals surface area contributed by atoms with Crippen molar-refractivity contribution < 1.29 is 34.4 Å². The number of hydrogen-bond acceptors (Lipinski definition) is 6. The second-order valence-electron chi connectivity index (χ2n) is 6.92. The Labute approximate surface area is 167 Å². The molecule has 0 saturated carbocycles. The minimum absolute atomic E-state index is 0.0788. The highest BCUT2D eigenvalue weighted by Gasteiger charge is 2.41. The minimum Gasteiger partial charge on any atom is -0.508 e. The van der Waals surface area contributed by atoms with Crippen molar-refractivity contribution in [1.82, 2.24) is 4.90 Å². The molecule has 0 saturated heterocycles. The number of carboxylic acid groups (broad SMARTS) is 1. The van der Waals surface area contributed by atoms with E-state index >= 15 is 0 Å². The van der Waals surface area contributed by atoms with Crippen molar-refractivity contribution in [2.45, 2.75) is 25.8 Å². The Balaban J connectivity index is 2.18. The van der Waals surface area contributed by atoms with Gasteiger partial charge in [-0.3, -0.25) is 9.59 Å². The van der Waals surface area contributed by atoms with Gasteiger partial charge >= 0.3 is 5.97 Å². The lowest BCUT2D eigenvalue weighted by Crippen LogP contribution is -2.30. The molecule has 0 radical (unpaired) electrons. The van der Waals surface area contributed by atoms with Crippen molar-refractivity contribution in [1.29, 1.82) is 0 Å². The summed E-state index contributed by atoms with van der Waals surface area (Å²) in [4.78, 5) is 25.6. The predicted octanol–water partition coefficient (Wildman–Crippen LogP) is 2.83. The van der Waals surface area contributed by atoms with Crippen LogP contribution in [0, 0.1) is 6.92 Å². The van der Waals surface area contributed by atoms with Crippen molar-refractivity contribution in [2.75, 3.05) is 20.8 Å². The molecule has 3 rings (SSSR count). The predicted molar refractivity (Wildman–Crippen MR) is 104 cm³/mol. The molecule has 8 heteroatoms. The zero-order valence-electron chi connectivity index (χ0n) is 16.4. The number of amides is 1. The molecule has 29 heavy (non-hydrogen) atoms. The van der Waals surface area contributed by atoms with Crippen molar-refractivity contribution >= 4 is 11.9 Å². The van der Waals surface area contributed by atoms with Crippen LogP contribution >= 0.6 is 0 Å². The first-order valence-electron chi connectivity index (χ1n) is 9.09. The van der Waals surface area contributed by atoms with Gasteiger partial charge < -0.3 is 29.7 Å². The first kappa shape index (κ1) is 20.3. The molecule has 1 aliphatic heterocycles. The number of hydrogen-bond donors (Lipinski definition) is 3. The van der Waals surface area contributed by atoms with Gasteiger partial charge in [0.2, 0.25) is 0 Å². The number of aryl methyl sites for hydroxylation is 1. The van der Waals surface area contributed by atoms with Crippen LogP contribution in [0.25, 0.3) is 0 Å². The van der Waals surface area contributed by atoms with Crippen LogP contribution in [-0.4, -0.2) is 52.9 Å². The highest BCUT2D eigenvalue weighted by atomic mass is 16.5. The van der Waals surface area contributed by atoms with Gasteiger partial charge in [-0.1, -0.05) is 0 Å². The van der Waals surface area contributed by atoms with Gasteiger partial charge in [0.1, 0.15) is 11.5 Å². The lowest BCUT2D eigenvalue weighted by molar-refractivity contribution is -0.137. The highest BCUT2D eigenvalue weighted by molar-refractivity contribution is 6.02. The van der Waals surface area contributed by atoms with E-state index in [1.807, 2.05) is 6.92 Å². The van der Waals surface area contributed by atoms with Crippen LogP contribution < -0.4 is 9.47 Å². The normalized spacial score (nSPS) is 15.3. The average Bonchev–Trinajstić information content (AvgIpc) is 2.94. The zero-order chi connectivity index (χ0) is 21.3. The van der Waals surface area contributed by atoms with Gasteiger partial charge in [-0.2, -0.15) is 0 Å². The molecule has 0 spiro atoms. The van der Waals surface area contributed by atoms with Crippen molar-refractivity contribution in [2.24, 2.45) is 0 Å². The maximum Gasteiger partial charge on any atom is 0.303 e. The van der Waals surface area contributed by atoms with E-state index in [4.69, 9.17) is 14.6 Å². The fourth-order valence-corrected chi connectivity index (χ4v) is 3.76. The Bertz CT molecular complexity index is 970. The van der Waals surface area contributed by atoms with E-state index in [2.05, 4.69) is 0 Å². The van der Waals surface area contributed by atoms with E-state index in [1.165, 1.54) is 31.3 Å². The topological polar surface area (TPSA) is 117 Å². The number of rotatable bonds is 7. The van der Waals surface area contributed by atoms with E-state index in [0.29, 0.717) is 11.1 Å². The molecular formula is C21H23NO7. The monoisotopic (exact) mass is 401 g/mol. The van der Waals surface area contributed by atoms with Crippen molar-refractivity contribution in [3.8, 4) is 23.0 Å². The van der Waals surface area contributed by atoms with E-state index in [1.54, 1.807) is 12.1 Å². The Morgan fingerprint density at radius 2 is 1.76 bits per heavy atom. The molecule has 0 bridgehead atoms. The van der Waals surface area contributed by atoms with E-state index in [0.717, 1.165) is 5.56 Å². The summed E-state index contributed by atoms with van der Waals surface area (Å²) in [5.74, 6) is -1.03. The number of nitrogens with zero attached hydrogens (tertiary/aromatic N) is 1. The second kappa shape index (κ2) is 7.90. The van der Waals surface area contributed by atoms with E-state index in [-0.39, 0.29) is 53.9 Å². The maximum atomic E-state index is 13.2. The number of aliphatic carboxylic acids is 1. The molecule has 1 atom stereocenters. The van der Waals surface area contributed by atoms with Crippen molar-refractivity contribution in [3.63, 3.8) is 0 Å². The standard InChI is InChI=1S/C21H23NO7/c1-11-7-14(20(26)16(8-11)29-3)19-13-9-12(23)10-15(28-2)18(13)21(27)22(19)6-4-5-17(24)25/h7-10,19,23,26H,4-6H2,1-3H3,(H,24,25). The summed E-state index contributed by atoms with van der Waals surface area (Å²) in [6, 6.07) is 5.51. The number of phenolic OH excluding ortho intramolecular Hbond substituents is 2. The Kier molecular flexibility index (Phi) is 5.54. The van der Waals surface area contributed by atoms with Crippen LogP contribution in [0.1, 0.15) is 45.9 Å². The molecule has 3 N–H and O–H groups in total. The number of fused-ring (bicyclic) bond motifs is 1. The largest absolute Gasteiger partial charge is 0.508 e. The molecule has 1 unspecified atom stereocenters. The van der Waals surface area contributed by atoms with Crippen LogP contribution in [0.4, 0.5) is 0 Å². The second-order valence-corrected chi connectivity index (χ2v) is 6.92. The molecule has 0 aromatic heterocycles. The zero-order valence-corrected chi connectivity index (χ0v) is 16.4. The van der Waals surface area contributed by atoms with Crippen LogP contribution in [0.3, 0.4) is 0 Å². The summed E-state index contributed by atoms with van der Waals surface area (Å²) in [5.41, 5.74) is 2.00. The molecule has 154 valence electrons. The summed E-state index contributed by atoms with van der Waals surface area (Å²) >= 11 is 0. The van der Waals surface area contributed by atoms with Gasteiger partial charge in [-0.15, -0.1) is 0 Å². The number of benzene rings is 2. The fraction of sp³-hybridized carbons (Fsp3) is 0.333. The molecule has 0 aliphatic carbocycles. The number of aromatic hydroxyl groups is 2. The summed E-state index contributed by atoms with van der Waals surface area (Å²) in [6.07, 6.45) is 0.141. The fourth-order valence-electron chi connectivity index (χ4n) is 3.76. The summed E-state index contributed by atoms with van der Waals surface area (Å²) in [7, 11) is 2.84. The smallest absolute Gasteiger partial charge is 0.303 e. The molecule has 0 fully saturated rings. The Morgan fingerprint density at radius 3 is 2.38 bits per heavy atom. The molecule has 8 nitrogen and oxygen atoms in total. The number of methoxy groups -OCH3 is 2. The summed E-state index contributed by atoms with van der Waals surface area (Å²) < 4.78 is 10.5. The number of ether oxygens (including phenoxy) is 2. The lowest BCUT2D eigenvalue weighted by atomic mass is 9.94. The molecule has 1 heterocycles.